The van der Waals surface area contributed by atoms with Crippen LogP contribution in [0, 0.1) is 11.6 Å². The third kappa shape index (κ3) is 4.01. The van der Waals surface area contributed by atoms with Gasteiger partial charge in [0, 0.05) is 11.6 Å². The van der Waals surface area contributed by atoms with Crippen LogP contribution >= 0.6 is 0 Å². The van der Waals surface area contributed by atoms with Crippen molar-refractivity contribution < 1.29 is 18.3 Å². The summed E-state index contributed by atoms with van der Waals surface area (Å²) >= 11 is 0. The van der Waals surface area contributed by atoms with Crippen molar-refractivity contribution in [2.75, 3.05) is 0 Å². The van der Waals surface area contributed by atoms with Crippen molar-refractivity contribution in [2.45, 2.75) is 20.0 Å². The Kier molecular flexibility index (Phi) is 5.04. The fourth-order valence-corrected chi connectivity index (χ4v) is 1.92. The van der Waals surface area contributed by atoms with Crippen molar-refractivity contribution in [3.8, 4) is 5.75 Å². The normalized spacial score (nSPS) is 11.1. The fraction of sp³-hybridized carbons (Fsp3) is 0.167. The van der Waals surface area contributed by atoms with Gasteiger partial charge in [-0.25, -0.2) is 8.78 Å². The molecule has 2 aromatic rings. The molecule has 0 N–H and O–H groups in total. The van der Waals surface area contributed by atoms with Gasteiger partial charge in [0.2, 0.25) is 0 Å². The molecule has 0 aliphatic carbocycles. The van der Waals surface area contributed by atoms with E-state index in [-0.39, 0.29) is 11.7 Å². The molecule has 2 aromatic carbocycles. The molecule has 0 spiro atoms. The summed E-state index contributed by atoms with van der Waals surface area (Å²) in [6.07, 6.45) is 2.81. The summed E-state index contributed by atoms with van der Waals surface area (Å²) in [5.74, 6) is -1.48. The first-order valence-electron chi connectivity index (χ1n) is 6.90. The third-order valence-corrected chi connectivity index (χ3v) is 2.89. The number of hydrogen-bond acceptors (Lipinski definition) is 2. The van der Waals surface area contributed by atoms with Gasteiger partial charge in [-0.2, -0.15) is 0 Å². The number of para-hydroxylation sites is 1. The lowest BCUT2D eigenvalue weighted by Crippen LogP contribution is -2.06. The van der Waals surface area contributed by atoms with E-state index >= 15 is 0 Å². The van der Waals surface area contributed by atoms with Crippen LogP contribution in [0.5, 0.6) is 5.75 Å². The predicted molar refractivity (Wildman–Crippen MR) is 81.9 cm³/mol. The molecule has 2 rings (SSSR count). The molecule has 0 aromatic heterocycles. The van der Waals surface area contributed by atoms with Gasteiger partial charge in [0.25, 0.3) is 0 Å². The lowest BCUT2D eigenvalue weighted by Gasteiger charge is -2.11. The van der Waals surface area contributed by atoms with Gasteiger partial charge in [-0.05, 0) is 44.2 Å². The summed E-state index contributed by atoms with van der Waals surface area (Å²) in [4.78, 5) is 12.0. The molecule has 0 aliphatic rings. The second-order valence-electron chi connectivity index (χ2n) is 5.03. The lowest BCUT2D eigenvalue weighted by atomic mass is 10.1. The van der Waals surface area contributed by atoms with Gasteiger partial charge in [0.1, 0.15) is 17.4 Å². The first-order chi connectivity index (χ1) is 10.5. The SMILES string of the molecule is CC(C)Oc1ccccc1/C=C/C(=O)c1ccc(F)cc1F. The summed E-state index contributed by atoms with van der Waals surface area (Å²) in [6.45, 7) is 3.80. The maximum absolute atomic E-state index is 13.6. The first-order valence-corrected chi connectivity index (χ1v) is 6.90. The van der Waals surface area contributed by atoms with E-state index in [1.165, 1.54) is 6.08 Å². The molecule has 0 fully saturated rings. The van der Waals surface area contributed by atoms with E-state index in [0.29, 0.717) is 17.4 Å². The highest BCUT2D eigenvalue weighted by Crippen LogP contribution is 2.21. The summed E-state index contributed by atoms with van der Waals surface area (Å²) in [5, 5.41) is 0. The van der Waals surface area contributed by atoms with Crippen molar-refractivity contribution in [1.82, 2.24) is 0 Å². The highest BCUT2D eigenvalue weighted by Gasteiger charge is 2.10. The van der Waals surface area contributed by atoms with Crippen LogP contribution in [0.4, 0.5) is 8.78 Å². The van der Waals surface area contributed by atoms with Gasteiger partial charge in [-0.3, -0.25) is 4.79 Å². The van der Waals surface area contributed by atoms with E-state index < -0.39 is 17.4 Å². The predicted octanol–water partition coefficient (Wildman–Crippen LogP) is 4.65. The van der Waals surface area contributed by atoms with Crippen LogP contribution < -0.4 is 4.74 Å². The molecule has 2 nitrogen and oxygen atoms in total. The minimum absolute atomic E-state index is 0.000190. The van der Waals surface area contributed by atoms with Gasteiger partial charge >= 0.3 is 0 Å². The van der Waals surface area contributed by atoms with Crippen LogP contribution in [0.1, 0.15) is 29.8 Å². The molecule has 114 valence electrons. The van der Waals surface area contributed by atoms with E-state index in [1.807, 2.05) is 26.0 Å². The lowest BCUT2D eigenvalue weighted by molar-refractivity contribution is 0.104. The molecule has 0 unspecified atom stereocenters. The van der Waals surface area contributed by atoms with Gasteiger partial charge in [-0.15, -0.1) is 0 Å². The van der Waals surface area contributed by atoms with E-state index in [4.69, 9.17) is 4.74 Å². The number of carbonyl (C=O) groups excluding carboxylic acids is 1. The Bertz CT molecular complexity index is 706. The monoisotopic (exact) mass is 302 g/mol. The Hall–Kier alpha value is -2.49. The number of benzene rings is 2. The quantitative estimate of drug-likeness (QED) is 0.593. The van der Waals surface area contributed by atoms with Gasteiger partial charge < -0.3 is 4.74 Å². The van der Waals surface area contributed by atoms with Gasteiger partial charge in [-0.1, -0.05) is 18.2 Å². The Morgan fingerprint density at radius 1 is 1.14 bits per heavy atom. The van der Waals surface area contributed by atoms with Crippen LogP contribution in [-0.2, 0) is 0 Å². The number of carbonyl (C=O) groups is 1. The number of rotatable bonds is 5. The van der Waals surface area contributed by atoms with E-state index in [0.717, 1.165) is 12.1 Å². The Balaban J connectivity index is 2.23. The highest BCUT2D eigenvalue weighted by atomic mass is 19.1. The third-order valence-electron chi connectivity index (χ3n) is 2.89. The molecule has 0 atom stereocenters. The molecule has 0 radical (unpaired) electrons. The average molecular weight is 302 g/mol. The largest absolute Gasteiger partial charge is 0.490 e. The van der Waals surface area contributed by atoms with Gasteiger partial charge in [0.15, 0.2) is 5.78 Å². The van der Waals surface area contributed by atoms with E-state index in [1.54, 1.807) is 18.2 Å². The summed E-state index contributed by atoms with van der Waals surface area (Å²) < 4.78 is 32.0. The molecular formula is C18H16F2O2. The molecule has 0 aliphatic heterocycles. The maximum atomic E-state index is 13.6. The zero-order chi connectivity index (χ0) is 16.1. The minimum Gasteiger partial charge on any atom is -0.490 e. The second kappa shape index (κ2) is 6.98. The zero-order valence-corrected chi connectivity index (χ0v) is 12.3. The Morgan fingerprint density at radius 3 is 2.55 bits per heavy atom. The number of hydrogen-bond donors (Lipinski definition) is 0. The van der Waals surface area contributed by atoms with Crippen molar-refractivity contribution >= 4 is 11.9 Å². The maximum Gasteiger partial charge on any atom is 0.188 e. The van der Waals surface area contributed by atoms with Crippen molar-refractivity contribution in [3.63, 3.8) is 0 Å². The van der Waals surface area contributed by atoms with Crippen LogP contribution in [-0.4, -0.2) is 11.9 Å². The van der Waals surface area contributed by atoms with Crippen molar-refractivity contribution in [3.05, 3.63) is 71.3 Å². The molecule has 0 bridgehead atoms. The summed E-state index contributed by atoms with van der Waals surface area (Å²) in [7, 11) is 0. The molecule has 0 heterocycles. The minimum atomic E-state index is -0.874. The zero-order valence-electron chi connectivity index (χ0n) is 12.3. The summed E-state index contributed by atoms with van der Waals surface area (Å²) in [6, 6.07) is 10.1. The van der Waals surface area contributed by atoms with E-state index in [9.17, 15) is 13.6 Å². The van der Waals surface area contributed by atoms with Crippen LogP contribution in [0.2, 0.25) is 0 Å². The second-order valence-corrected chi connectivity index (χ2v) is 5.03. The molecule has 0 saturated heterocycles. The Morgan fingerprint density at radius 2 is 1.86 bits per heavy atom. The molecule has 0 saturated carbocycles. The highest BCUT2D eigenvalue weighted by molar-refractivity contribution is 6.07. The van der Waals surface area contributed by atoms with Crippen LogP contribution in [0.15, 0.2) is 48.5 Å². The molecular weight excluding hydrogens is 286 g/mol. The fourth-order valence-electron chi connectivity index (χ4n) is 1.92. The summed E-state index contributed by atoms with van der Waals surface area (Å²) in [5.41, 5.74) is 0.548. The topological polar surface area (TPSA) is 26.3 Å². The standard InChI is InChI=1S/C18H16F2O2/c1-12(2)22-18-6-4-3-5-13(18)7-10-17(21)15-9-8-14(19)11-16(15)20/h3-12H,1-2H3/b10-7+. The van der Waals surface area contributed by atoms with Crippen LogP contribution in [0.25, 0.3) is 6.08 Å². The Labute approximate surface area is 128 Å². The first kappa shape index (κ1) is 15.9. The number of ketones is 1. The molecule has 0 amide bonds. The van der Waals surface area contributed by atoms with E-state index in [2.05, 4.69) is 0 Å². The average Bonchev–Trinajstić information content (AvgIpc) is 2.45. The van der Waals surface area contributed by atoms with Crippen LogP contribution in [0.3, 0.4) is 0 Å². The molecule has 22 heavy (non-hydrogen) atoms. The number of halogens is 2. The van der Waals surface area contributed by atoms with Crippen molar-refractivity contribution in [1.29, 1.82) is 0 Å². The smallest absolute Gasteiger partial charge is 0.188 e. The number of allylic oxidation sites excluding steroid dienone is 1. The van der Waals surface area contributed by atoms with Crippen molar-refractivity contribution in [2.24, 2.45) is 0 Å². The molecule has 4 heteroatoms. The van der Waals surface area contributed by atoms with Gasteiger partial charge in [0.05, 0.1) is 11.7 Å². The number of ether oxygens (including phenoxy) is 1.